The Bertz CT molecular complexity index is 758. The molecular weight excluding hydrogens is 334 g/mol. The summed E-state index contributed by atoms with van der Waals surface area (Å²) in [4.78, 5) is 23.3. The summed E-state index contributed by atoms with van der Waals surface area (Å²) in [7, 11) is 0. The van der Waals surface area contributed by atoms with Gasteiger partial charge in [-0.25, -0.2) is 14.6 Å². The lowest BCUT2D eigenvalue weighted by Gasteiger charge is -2.38. The molecule has 1 unspecified atom stereocenters. The molecule has 26 heavy (non-hydrogen) atoms. The average molecular weight is 357 g/mol. The van der Waals surface area contributed by atoms with Crippen LogP contribution in [-0.4, -0.2) is 63.2 Å². The summed E-state index contributed by atoms with van der Waals surface area (Å²) in [6, 6.07) is 0.0526. The molecule has 0 radical (unpaired) electrons. The molecule has 1 N–H and O–H groups in total. The summed E-state index contributed by atoms with van der Waals surface area (Å²) in [5, 5.41) is 10.8. The third-order valence-electron chi connectivity index (χ3n) is 5.42. The smallest absolute Gasteiger partial charge is 0.242 e. The molecule has 2 aromatic heterocycles. The molecule has 2 saturated heterocycles. The molecule has 2 aliphatic rings. The molecule has 0 bridgehead atoms. The monoisotopic (exact) mass is 357 g/mol. The Kier molecular flexibility index (Phi) is 4.54. The Labute approximate surface area is 151 Å². The van der Waals surface area contributed by atoms with Crippen molar-refractivity contribution in [2.45, 2.75) is 32.4 Å². The quantitative estimate of drug-likeness (QED) is 0.833. The Hall–Kier alpha value is -2.55. The van der Waals surface area contributed by atoms with E-state index >= 15 is 0 Å². The lowest BCUT2D eigenvalue weighted by Crippen LogP contribution is -2.50. The number of amides is 1. The van der Waals surface area contributed by atoms with Gasteiger partial charge in [0, 0.05) is 49.7 Å². The van der Waals surface area contributed by atoms with Gasteiger partial charge in [-0.05, 0) is 19.8 Å². The van der Waals surface area contributed by atoms with Gasteiger partial charge in [0.25, 0.3) is 0 Å². The first-order valence-electron chi connectivity index (χ1n) is 8.89. The van der Waals surface area contributed by atoms with Gasteiger partial charge in [0.1, 0.15) is 18.7 Å². The maximum absolute atomic E-state index is 12.5. The summed E-state index contributed by atoms with van der Waals surface area (Å²) < 4.78 is 7.12. The highest BCUT2D eigenvalue weighted by Crippen LogP contribution is 2.41. The Balaban J connectivity index is 1.53. The van der Waals surface area contributed by atoms with E-state index in [0.29, 0.717) is 0 Å². The van der Waals surface area contributed by atoms with Gasteiger partial charge < -0.3 is 15.0 Å². The Morgan fingerprint density at radius 3 is 3.00 bits per heavy atom. The van der Waals surface area contributed by atoms with E-state index < -0.39 is 0 Å². The van der Waals surface area contributed by atoms with Crippen molar-refractivity contribution in [2.75, 3.05) is 31.2 Å². The first-order chi connectivity index (χ1) is 12.7. The van der Waals surface area contributed by atoms with Gasteiger partial charge in [-0.15, -0.1) is 5.10 Å². The van der Waals surface area contributed by atoms with Gasteiger partial charge in [-0.1, -0.05) is 5.21 Å². The number of carbonyl (C=O) groups excluding carboxylic acids is 1. The minimum Gasteiger partial charge on any atom is -0.381 e. The SMILES string of the molecule is Cc1cncnc1N1CC(NC(=O)Cn2ccnn2)C2(CCOCC2)C1. The van der Waals surface area contributed by atoms with E-state index in [0.717, 1.165) is 50.5 Å². The van der Waals surface area contributed by atoms with Crippen molar-refractivity contribution in [1.29, 1.82) is 0 Å². The van der Waals surface area contributed by atoms with Crippen LogP contribution >= 0.6 is 0 Å². The zero-order valence-corrected chi connectivity index (χ0v) is 14.8. The van der Waals surface area contributed by atoms with Gasteiger partial charge in [-0.2, -0.15) is 0 Å². The van der Waals surface area contributed by atoms with E-state index in [-0.39, 0.29) is 23.9 Å². The second kappa shape index (κ2) is 6.99. The number of rotatable bonds is 4. The van der Waals surface area contributed by atoms with Gasteiger partial charge in [0.05, 0.1) is 12.2 Å². The van der Waals surface area contributed by atoms with Crippen molar-refractivity contribution >= 4 is 11.7 Å². The first kappa shape index (κ1) is 16.9. The lowest BCUT2D eigenvalue weighted by molar-refractivity contribution is -0.123. The number of aromatic nitrogens is 5. The molecule has 9 heteroatoms. The molecule has 1 spiro atoms. The number of anilines is 1. The minimum atomic E-state index is -0.0485. The van der Waals surface area contributed by atoms with E-state index in [1.54, 1.807) is 18.7 Å². The second-order valence-corrected chi connectivity index (χ2v) is 7.11. The standard InChI is InChI=1S/C17H23N7O2/c1-13-8-18-12-19-16(13)23-9-14(17(11-23)2-6-26-7-3-17)21-15(25)10-24-5-4-20-22-24/h4-5,8,12,14H,2-3,6-7,9-11H2,1H3,(H,21,25). The largest absolute Gasteiger partial charge is 0.381 e. The predicted octanol–water partition coefficient (Wildman–Crippen LogP) is 0.178. The fourth-order valence-electron chi connectivity index (χ4n) is 4.04. The lowest BCUT2D eigenvalue weighted by atomic mass is 9.76. The zero-order chi connectivity index (χ0) is 18.0. The second-order valence-electron chi connectivity index (χ2n) is 7.11. The van der Waals surface area contributed by atoms with Crippen LogP contribution < -0.4 is 10.2 Å². The van der Waals surface area contributed by atoms with Crippen LogP contribution in [0.3, 0.4) is 0 Å². The fraction of sp³-hybridized carbons (Fsp3) is 0.588. The molecule has 2 fully saturated rings. The van der Waals surface area contributed by atoms with E-state index in [1.807, 2.05) is 13.1 Å². The molecule has 138 valence electrons. The molecule has 0 aromatic carbocycles. The van der Waals surface area contributed by atoms with Gasteiger partial charge >= 0.3 is 0 Å². The van der Waals surface area contributed by atoms with Crippen molar-refractivity contribution in [2.24, 2.45) is 5.41 Å². The topological polar surface area (TPSA) is 98.1 Å². The predicted molar refractivity (Wildman–Crippen MR) is 93.4 cm³/mol. The van der Waals surface area contributed by atoms with Crippen LogP contribution in [-0.2, 0) is 16.1 Å². The van der Waals surface area contributed by atoms with Crippen LogP contribution in [0.5, 0.6) is 0 Å². The summed E-state index contributed by atoms with van der Waals surface area (Å²) in [6.45, 7) is 5.25. The van der Waals surface area contributed by atoms with E-state index in [1.165, 1.54) is 4.68 Å². The minimum absolute atomic E-state index is 0.00761. The molecular formula is C17H23N7O2. The van der Waals surface area contributed by atoms with Crippen molar-refractivity contribution in [1.82, 2.24) is 30.3 Å². The molecule has 4 heterocycles. The summed E-state index contributed by atoms with van der Waals surface area (Å²) in [5.41, 5.74) is 1.05. The number of hydrogen-bond donors (Lipinski definition) is 1. The Morgan fingerprint density at radius 1 is 1.42 bits per heavy atom. The fourth-order valence-corrected chi connectivity index (χ4v) is 4.04. The third-order valence-corrected chi connectivity index (χ3v) is 5.42. The number of ether oxygens (including phenoxy) is 1. The van der Waals surface area contributed by atoms with Gasteiger partial charge in [0.2, 0.25) is 5.91 Å². The normalized spacial score (nSPS) is 21.9. The van der Waals surface area contributed by atoms with Gasteiger partial charge in [-0.3, -0.25) is 4.79 Å². The molecule has 1 atom stereocenters. The molecule has 2 aromatic rings. The van der Waals surface area contributed by atoms with Crippen molar-refractivity contribution in [3.63, 3.8) is 0 Å². The number of hydrogen-bond acceptors (Lipinski definition) is 7. The molecule has 1 amide bonds. The number of nitrogens with one attached hydrogen (secondary N) is 1. The van der Waals surface area contributed by atoms with E-state index in [2.05, 4.69) is 30.5 Å². The summed E-state index contributed by atoms with van der Waals surface area (Å²) >= 11 is 0. The number of aryl methyl sites for hydroxylation is 1. The van der Waals surface area contributed by atoms with Gasteiger partial charge in [0.15, 0.2) is 0 Å². The zero-order valence-electron chi connectivity index (χ0n) is 14.8. The van der Waals surface area contributed by atoms with E-state index in [9.17, 15) is 4.79 Å². The van der Waals surface area contributed by atoms with Crippen LogP contribution in [0.1, 0.15) is 18.4 Å². The molecule has 0 saturated carbocycles. The van der Waals surface area contributed by atoms with E-state index in [4.69, 9.17) is 4.74 Å². The van der Waals surface area contributed by atoms with Crippen LogP contribution in [0.15, 0.2) is 24.9 Å². The molecule has 4 rings (SSSR count). The molecule has 2 aliphatic heterocycles. The highest BCUT2D eigenvalue weighted by atomic mass is 16.5. The van der Waals surface area contributed by atoms with Crippen molar-refractivity contribution < 1.29 is 9.53 Å². The van der Waals surface area contributed by atoms with Crippen LogP contribution in [0.25, 0.3) is 0 Å². The van der Waals surface area contributed by atoms with Crippen LogP contribution in [0, 0.1) is 12.3 Å². The molecule has 0 aliphatic carbocycles. The third kappa shape index (κ3) is 3.26. The molecule has 9 nitrogen and oxygen atoms in total. The van der Waals surface area contributed by atoms with Crippen molar-refractivity contribution in [3.8, 4) is 0 Å². The highest BCUT2D eigenvalue weighted by molar-refractivity contribution is 5.76. The summed E-state index contributed by atoms with van der Waals surface area (Å²) in [6.07, 6.45) is 8.53. The first-order valence-corrected chi connectivity index (χ1v) is 8.89. The maximum Gasteiger partial charge on any atom is 0.242 e. The average Bonchev–Trinajstić information content (AvgIpc) is 3.25. The number of carbonyl (C=O) groups is 1. The van der Waals surface area contributed by atoms with Crippen molar-refractivity contribution in [3.05, 3.63) is 30.5 Å². The highest BCUT2D eigenvalue weighted by Gasteiger charge is 2.48. The van der Waals surface area contributed by atoms with Crippen LogP contribution in [0.4, 0.5) is 5.82 Å². The Morgan fingerprint density at radius 2 is 2.27 bits per heavy atom. The summed E-state index contributed by atoms with van der Waals surface area (Å²) in [5.74, 6) is 0.895. The van der Waals surface area contributed by atoms with Crippen LogP contribution in [0.2, 0.25) is 0 Å². The number of nitrogens with zero attached hydrogens (tertiary/aromatic N) is 6. The maximum atomic E-state index is 12.5.